The lowest BCUT2D eigenvalue weighted by Crippen LogP contribution is -2.33. The molecule has 1 amide bonds. The number of aromatic amines is 1. The van der Waals surface area contributed by atoms with Crippen LogP contribution in [0.4, 0.5) is 0 Å². The fraction of sp³-hybridized carbons (Fsp3) is 0.250. The first-order valence-electron chi connectivity index (χ1n) is 8.78. The highest BCUT2D eigenvalue weighted by molar-refractivity contribution is 9.10. The van der Waals surface area contributed by atoms with Gasteiger partial charge in [0.1, 0.15) is 18.9 Å². The number of hydrogen-bond donors (Lipinski definition) is 1. The summed E-state index contributed by atoms with van der Waals surface area (Å²) in [5, 5.41) is 7.06. The zero-order valence-electron chi connectivity index (χ0n) is 15.7. The molecule has 0 bridgehead atoms. The van der Waals surface area contributed by atoms with E-state index >= 15 is 0 Å². The summed E-state index contributed by atoms with van der Waals surface area (Å²) < 4.78 is 8.81. The molecule has 3 aromatic rings. The predicted molar refractivity (Wildman–Crippen MR) is 115 cm³/mol. The number of H-pyrrole nitrogens is 1. The SMILES string of the molecule is Cc1ccc(-c2n[nH]c(=S)n2CC(=O)N(C)CCOc2ccc(Br)cc2)cc1. The van der Waals surface area contributed by atoms with Gasteiger partial charge in [-0.05, 0) is 43.4 Å². The highest BCUT2D eigenvalue weighted by Gasteiger charge is 2.15. The minimum atomic E-state index is -0.0646. The Hall–Kier alpha value is -2.45. The average molecular weight is 461 g/mol. The van der Waals surface area contributed by atoms with Crippen LogP contribution >= 0.6 is 28.1 Å². The maximum Gasteiger partial charge on any atom is 0.242 e. The van der Waals surface area contributed by atoms with E-state index in [9.17, 15) is 4.79 Å². The number of carbonyl (C=O) groups is 1. The molecule has 0 saturated heterocycles. The number of amides is 1. The summed E-state index contributed by atoms with van der Waals surface area (Å²) in [5.74, 6) is 1.35. The number of carbonyl (C=O) groups excluding carboxylic acids is 1. The van der Waals surface area contributed by atoms with E-state index in [4.69, 9.17) is 17.0 Å². The first-order valence-corrected chi connectivity index (χ1v) is 9.99. The van der Waals surface area contributed by atoms with Crippen molar-refractivity contribution in [2.24, 2.45) is 0 Å². The molecule has 146 valence electrons. The van der Waals surface area contributed by atoms with Crippen molar-refractivity contribution in [3.8, 4) is 17.1 Å². The van der Waals surface area contributed by atoms with E-state index in [1.807, 2.05) is 55.5 Å². The molecule has 28 heavy (non-hydrogen) atoms. The number of ether oxygens (including phenoxy) is 1. The number of rotatable bonds is 7. The molecular formula is C20H21BrN4O2S. The number of likely N-dealkylation sites (N-methyl/N-ethyl adjacent to an activating group) is 1. The Kier molecular flexibility index (Phi) is 6.64. The first kappa shape index (κ1) is 20.3. The predicted octanol–water partition coefficient (Wildman–Crippen LogP) is 4.22. The van der Waals surface area contributed by atoms with Gasteiger partial charge in [0.15, 0.2) is 10.6 Å². The summed E-state index contributed by atoms with van der Waals surface area (Å²) in [7, 11) is 1.75. The van der Waals surface area contributed by atoms with Crippen molar-refractivity contribution in [3.05, 3.63) is 63.3 Å². The van der Waals surface area contributed by atoms with Crippen molar-refractivity contribution in [3.63, 3.8) is 0 Å². The normalized spacial score (nSPS) is 10.7. The molecule has 1 N–H and O–H groups in total. The van der Waals surface area contributed by atoms with Gasteiger partial charge in [0.25, 0.3) is 0 Å². The third kappa shape index (κ3) is 5.08. The van der Waals surface area contributed by atoms with Gasteiger partial charge in [0.05, 0.1) is 6.54 Å². The molecule has 1 aromatic heterocycles. The Labute approximate surface area is 177 Å². The zero-order valence-corrected chi connectivity index (χ0v) is 18.1. The molecule has 0 aliphatic carbocycles. The van der Waals surface area contributed by atoms with Crippen LogP contribution < -0.4 is 4.74 Å². The second-order valence-corrected chi connectivity index (χ2v) is 7.72. The fourth-order valence-electron chi connectivity index (χ4n) is 2.60. The number of halogens is 1. The first-order chi connectivity index (χ1) is 13.4. The number of aryl methyl sites for hydroxylation is 1. The van der Waals surface area contributed by atoms with E-state index in [0.717, 1.165) is 21.3 Å². The van der Waals surface area contributed by atoms with Gasteiger partial charge >= 0.3 is 0 Å². The molecule has 0 radical (unpaired) electrons. The van der Waals surface area contributed by atoms with Gasteiger partial charge in [-0.15, -0.1) is 0 Å². The van der Waals surface area contributed by atoms with E-state index in [0.29, 0.717) is 23.7 Å². The Balaban J connectivity index is 1.61. The van der Waals surface area contributed by atoms with Crippen molar-refractivity contribution in [1.29, 1.82) is 0 Å². The molecule has 0 aliphatic heterocycles. The molecule has 0 spiro atoms. The van der Waals surface area contributed by atoms with Crippen molar-refractivity contribution in [1.82, 2.24) is 19.7 Å². The van der Waals surface area contributed by atoms with E-state index in [1.165, 1.54) is 0 Å². The van der Waals surface area contributed by atoms with E-state index in [1.54, 1.807) is 16.5 Å². The summed E-state index contributed by atoms with van der Waals surface area (Å²) in [4.78, 5) is 14.3. The minimum absolute atomic E-state index is 0.0646. The van der Waals surface area contributed by atoms with Crippen LogP contribution in [-0.2, 0) is 11.3 Å². The maximum atomic E-state index is 12.6. The third-order valence-electron chi connectivity index (χ3n) is 4.30. The van der Waals surface area contributed by atoms with Crippen LogP contribution in [-0.4, -0.2) is 45.8 Å². The largest absolute Gasteiger partial charge is 0.492 e. The zero-order chi connectivity index (χ0) is 20.1. The number of benzene rings is 2. The number of hydrogen-bond acceptors (Lipinski definition) is 4. The van der Waals surface area contributed by atoms with Crippen molar-refractivity contribution < 1.29 is 9.53 Å². The van der Waals surface area contributed by atoms with Crippen molar-refractivity contribution in [2.45, 2.75) is 13.5 Å². The van der Waals surface area contributed by atoms with Gasteiger partial charge in [-0.1, -0.05) is 45.8 Å². The van der Waals surface area contributed by atoms with Gasteiger partial charge in [0.2, 0.25) is 5.91 Å². The van der Waals surface area contributed by atoms with Crippen LogP contribution in [0, 0.1) is 11.7 Å². The lowest BCUT2D eigenvalue weighted by molar-refractivity contribution is -0.130. The van der Waals surface area contributed by atoms with Gasteiger partial charge < -0.3 is 9.64 Å². The van der Waals surface area contributed by atoms with Crippen LogP contribution in [0.3, 0.4) is 0 Å². The van der Waals surface area contributed by atoms with Gasteiger partial charge in [0, 0.05) is 17.1 Å². The molecule has 2 aromatic carbocycles. The number of aromatic nitrogens is 3. The Morgan fingerprint density at radius 2 is 1.89 bits per heavy atom. The molecule has 0 atom stereocenters. The second kappa shape index (κ2) is 9.16. The molecular weight excluding hydrogens is 440 g/mol. The fourth-order valence-corrected chi connectivity index (χ4v) is 3.06. The summed E-state index contributed by atoms with van der Waals surface area (Å²) in [5.41, 5.74) is 2.07. The van der Waals surface area contributed by atoms with Crippen molar-refractivity contribution in [2.75, 3.05) is 20.2 Å². The lowest BCUT2D eigenvalue weighted by atomic mass is 10.1. The molecule has 0 fully saturated rings. The summed E-state index contributed by atoms with van der Waals surface area (Å²) in [6.07, 6.45) is 0. The molecule has 0 aliphatic rings. The molecule has 8 heteroatoms. The van der Waals surface area contributed by atoms with Gasteiger partial charge in [-0.25, -0.2) is 0 Å². The van der Waals surface area contributed by atoms with Crippen LogP contribution in [0.25, 0.3) is 11.4 Å². The Bertz CT molecular complexity index is 996. The average Bonchev–Trinajstić information content (AvgIpc) is 3.04. The van der Waals surface area contributed by atoms with E-state index < -0.39 is 0 Å². The smallest absolute Gasteiger partial charge is 0.242 e. The van der Waals surface area contributed by atoms with Gasteiger partial charge in [-0.3, -0.25) is 14.5 Å². The Morgan fingerprint density at radius 1 is 1.21 bits per heavy atom. The summed E-state index contributed by atoms with van der Waals surface area (Å²) in [6, 6.07) is 15.5. The standard InChI is InChI=1S/C20H21BrN4O2S/c1-14-3-5-15(6-4-14)19-22-23-20(28)25(19)13-18(26)24(2)11-12-27-17-9-7-16(21)8-10-17/h3-10H,11-13H2,1-2H3,(H,23,28). The lowest BCUT2D eigenvalue weighted by Gasteiger charge is -2.18. The van der Waals surface area contributed by atoms with Crippen LogP contribution in [0.5, 0.6) is 5.75 Å². The second-order valence-electron chi connectivity index (χ2n) is 6.42. The van der Waals surface area contributed by atoms with Crippen LogP contribution in [0.2, 0.25) is 0 Å². The van der Waals surface area contributed by atoms with E-state index in [-0.39, 0.29) is 12.5 Å². The molecule has 3 rings (SSSR count). The number of nitrogens with one attached hydrogen (secondary N) is 1. The highest BCUT2D eigenvalue weighted by atomic mass is 79.9. The third-order valence-corrected chi connectivity index (χ3v) is 5.14. The monoisotopic (exact) mass is 460 g/mol. The quantitative estimate of drug-likeness (QED) is 0.536. The molecule has 0 saturated carbocycles. The Morgan fingerprint density at radius 3 is 2.57 bits per heavy atom. The highest BCUT2D eigenvalue weighted by Crippen LogP contribution is 2.18. The summed E-state index contributed by atoms with van der Waals surface area (Å²) >= 11 is 8.70. The van der Waals surface area contributed by atoms with E-state index in [2.05, 4.69) is 26.1 Å². The van der Waals surface area contributed by atoms with Crippen LogP contribution in [0.15, 0.2) is 53.0 Å². The van der Waals surface area contributed by atoms with Crippen LogP contribution in [0.1, 0.15) is 5.56 Å². The van der Waals surface area contributed by atoms with Crippen molar-refractivity contribution >= 4 is 34.1 Å². The molecule has 1 heterocycles. The van der Waals surface area contributed by atoms with Gasteiger partial charge in [-0.2, -0.15) is 5.10 Å². The molecule has 0 unspecified atom stereocenters. The molecule has 6 nitrogen and oxygen atoms in total. The summed E-state index contributed by atoms with van der Waals surface area (Å²) in [6.45, 7) is 3.02. The topological polar surface area (TPSA) is 63.2 Å². The maximum absolute atomic E-state index is 12.6. The number of nitrogens with zero attached hydrogens (tertiary/aromatic N) is 3. The minimum Gasteiger partial charge on any atom is -0.492 e.